The molecule has 0 saturated carbocycles. The van der Waals surface area contributed by atoms with Crippen molar-refractivity contribution in [2.24, 2.45) is 11.3 Å². The standard InChI is InChI=1S/C13H9.C13H10.C13H21.Zr/c1-3-7-12-10(5-1)9-11-6-2-4-8-13(11)12;1-3-7-12(8-4-1)11-13-9-5-2-6-10-13;1-5-6-7-11-8-9-12(10-11)13(2,3)4;/h1-5,7-8H,9H2;1-10H;9-11H,5-7H2,1-4H3;/q-1;;-1;+2. The molecule has 200 valence electrons. The second-order valence-electron chi connectivity index (χ2n) is 11.4. The second-order valence-corrected chi connectivity index (χ2v) is 12.7. The quantitative estimate of drug-likeness (QED) is 0.176. The van der Waals surface area contributed by atoms with Crippen molar-refractivity contribution in [3.8, 4) is 11.1 Å². The summed E-state index contributed by atoms with van der Waals surface area (Å²) >= 11 is 1.46. The molecule has 0 radical (unpaired) electrons. The molecule has 6 rings (SSSR count). The Kier molecular flexibility index (Phi) is 11.0. The van der Waals surface area contributed by atoms with Crippen LogP contribution in [0.4, 0.5) is 0 Å². The first-order valence-corrected chi connectivity index (χ1v) is 15.7. The van der Waals surface area contributed by atoms with E-state index in [0.29, 0.717) is 11.3 Å². The SMILES string of the molecule is CCCCC1[C-]=CC(C(C)(C)C)=C1.[Zr+2]=[C](c1ccccc1)c1ccccc1.[c-]1cccc2c1Cc1ccccc1-2. The third-order valence-corrected chi connectivity index (χ3v) is 8.73. The smallest absolute Gasteiger partial charge is 0.0253 e. The summed E-state index contributed by atoms with van der Waals surface area (Å²) < 4.78 is 1.42. The van der Waals surface area contributed by atoms with Crippen molar-refractivity contribution in [3.63, 3.8) is 0 Å². The van der Waals surface area contributed by atoms with Crippen LogP contribution in [0.2, 0.25) is 0 Å². The van der Waals surface area contributed by atoms with Crippen LogP contribution in [-0.4, -0.2) is 3.21 Å². The van der Waals surface area contributed by atoms with Gasteiger partial charge in [0.25, 0.3) is 0 Å². The molecule has 1 unspecified atom stereocenters. The molecule has 2 aliphatic rings. The van der Waals surface area contributed by atoms with Crippen LogP contribution in [0.1, 0.15) is 69.2 Å². The number of rotatable bonds is 5. The summed E-state index contributed by atoms with van der Waals surface area (Å²) in [4.78, 5) is 0. The zero-order valence-electron chi connectivity index (χ0n) is 24.4. The van der Waals surface area contributed by atoms with E-state index in [1.54, 1.807) is 0 Å². The van der Waals surface area contributed by atoms with E-state index in [0.717, 1.165) is 6.42 Å². The van der Waals surface area contributed by atoms with Gasteiger partial charge in [-0.25, -0.2) is 6.08 Å². The normalized spacial score (nSPS) is 14.7. The maximum Gasteiger partial charge on any atom is -0.0253 e. The molecule has 0 heterocycles. The van der Waals surface area contributed by atoms with Crippen LogP contribution in [0.3, 0.4) is 0 Å². The van der Waals surface area contributed by atoms with Crippen molar-refractivity contribution in [2.45, 2.75) is 53.4 Å². The Morgan fingerprint density at radius 3 is 2.00 bits per heavy atom. The fraction of sp³-hybridized carbons (Fsp3) is 0.256. The summed E-state index contributed by atoms with van der Waals surface area (Å²) in [5.74, 6) is 0.592. The van der Waals surface area contributed by atoms with Crippen molar-refractivity contribution < 1.29 is 24.2 Å². The van der Waals surface area contributed by atoms with E-state index in [-0.39, 0.29) is 0 Å². The summed E-state index contributed by atoms with van der Waals surface area (Å²) in [6.07, 6.45) is 12.9. The van der Waals surface area contributed by atoms with Crippen LogP contribution < -0.4 is 0 Å². The Morgan fingerprint density at radius 1 is 0.800 bits per heavy atom. The molecular formula is C39H40Zr. The molecule has 0 saturated heterocycles. The van der Waals surface area contributed by atoms with Gasteiger partial charge in [-0.3, -0.25) is 6.08 Å². The largest absolute Gasteiger partial charge is 0.179 e. The molecule has 0 N–H and O–H groups in total. The van der Waals surface area contributed by atoms with Gasteiger partial charge in [0.15, 0.2) is 0 Å². The average molecular weight is 600 g/mol. The molecule has 4 aromatic carbocycles. The summed E-state index contributed by atoms with van der Waals surface area (Å²) in [5, 5.41) is 0. The predicted molar refractivity (Wildman–Crippen MR) is 168 cm³/mol. The van der Waals surface area contributed by atoms with Crippen molar-refractivity contribution in [1.82, 2.24) is 0 Å². The maximum atomic E-state index is 3.43. The Hall–Kier alpha value is -2.89. The van der Waals surface area contributed by atoms with E-state index in [1.165, 1.54) is 85.7 Å². The van der Waals surface area contributed by atoms with E-state index in [9.17, 15) is 0 Å². The molecule has 0 spiro atoms. The third kappa shape index (κ3) is 8.31. The van der Waals surface area contributed by atoms with Crippen molar-refractivity contribution >= 4 is 3.21 Å². The van der Waals surface area contributed by atoms with Crippen LogP contribution >= 0.6 is 0 Å². The minimum Gasteiger partial charge on any atom is -0.179 e. The summed E-state index contributed by atoms with van der Waals surface area (Å²) in [5.41, 5.74) is 9.92. The number of hydrogen-bond donors (Lipinski definition) is 0. The van der Waals surface area contributed by atoms with Gasteiger partial charge in [-0.1, -0.05) is 93.7 Å². The fourth-order valence-corrected chi connectivity index (χ4v) is 5.76. The minimum absolute atomic E-state index is 0.300. The average Bonchev–Trinajstić information content (AvgIpc) is 3.63. The molecule has 4 aromatic rings. The number of allylic oxidation sites excluding steroid dienone is 4. The number of hydrogen-bond acceptors (Lipinski definition) is 0. The van der Waals surface area contributed by atoms with Gasteiger partial charge in [-0.2, -0.15) is 41.5 Å². The number of unbranched alkanes of at least 4 members (excludes halogenated alkanes) is 1. The Bertz CT molecular complexity index is 1350. The first-order chi connectivity index (χ1) is 19.4. The van der Waals surface area contributed by atoms with Crippen LogP contribution in [0.15, 0.2) is 121 Å². The molecule has 0 amide bonds. The van der Waals surface area contributed by atoms with Crippen LogP contribution in [0, 0.1) is 23.5 Å². The number of fused-ring (bicyclic) bond motifs is 3. The molecule has 0 bridgehead atoms. The molecule has 0 aliphatic heterocycles. The zero-order chi connectivity index (χ0) is 28.4. The summed E-state index contributed by atoms with van der Waals surface area (Å²) in [6, 6.07) is 39.2. The van der Waals surface area contributed by atoms with E-state index in [4.69, 9.17) is 0 Å². The van der Waals surface area contributed by atoms with E-state index in [2.05, 4.69) is 149 Å². The van der Waals surface area contributed by atoms with Crippen LogP contribution in [-0.2, 0) is 30.7 Å². The first kappa shape index (κ1) is 30.1. The zero-order valence-corrected chi connectivity index (χ0v) is 26.8. The molecular weight excluding hydrogens is 560 g/mol. The third-order valence-electron chi connectivity index (χ3n) is 7.31. The van der Waals surface area contributed by atoms with Gasteiger partial charge in [0.2, 0.25) is 0 Å². The molecule has 1 atom stereocenters. The van der Waals surface area contributed by atoms with Gasteiger partial charge in [0.05, 0.1) is 0 Å². The topological polar surface area (TPSA) is 0 Å². The Morgan fingerprint density at radius 2 is 1.40 bits per heavy atom. The molecule has 0 fully saturated rings. The Labute approximate surface area is 257 Å². The van der Waals surface area contributed by atoms with Gasteiger partial charge in [-0.15, -0.1) is 5.56 Å². The van der Waals surface area contributed by atoms with Gasteiger partial charge in [0, 0.05) is 0 Å². The molecule has 0 nitrogen and oxygen atoms in total. The van der Waals surface area contributed by atoms with Gasteiger partial charge in [-0.05, 0) is 6.42 Å². The first-order valence-electron chi connectivity index (χ1n) is 14.5. The van der Waals surface area contributed by atoms with Crippen molar-refractivity contribution in [1.29, 1.82) is 0 Å². The van der Waals surface area contributed by atoms with Crippen LogP contribution in [0.25, 0.3) is 11.1 Å². The minimum atomic E-state index is 0.300. The van der Waals surface area contributed by atoms with Crippen molar-refractivity contribution in [3.05, 3.63) is 155 Å². The molecule has 2 aliphatic carbocycles. The second kappa shape index (κ2) is 14.7. The predicted octanol–water partition coefficient (Wildman–Crippen LogP) is 10.00. The molecule has 40 heavy (non-hydrogen) atoms. The van der Waals surface area contributed by atoms with Gasteiger partial charge < -0.3 is 0 Å². The number of benzene rings is 4. The van der Waals surface area contributed by atoms with E-state index in [1.807, 2.05) is 6.07 Å². The van der Waals surface area contributed by atoms with Gasteiger partial charge >= 0.3 is 99.2 Å². The fourth-order valence-electron chi connectivity index (χ4n) is 4.94. The maximum absolute atomic E-state index is 3.43. The summed E-state index contributed by atoms with van der Waals surface area (Å²) in [7, 11) is 0. The summed E-state index contributed by atoms with van der Waals surface area (Å²) in [6.45, 7) is 9.03. The van der Waals surface area contributed by atoms with E-state index >= 15 is 0 Å². The monoisotopic (exact) mass is 598 g/mol. The Balaban J connectivity index is 0.000000139. The molecule has 0 aromatic heterocycles. The van der Waals surface area contributed by atoms with Crippen LogP contribution in [0.5, 0.6) is 0 Å². The van der Waals surface area contributed by atoms with Crippen molar-refractivity contribution in [2.75, 3.05) is 0 Å². The van der Waals surface area contributed by atoms with Gasteiger partial charge in [0.1, 0.15) is 0 Å². The van der Waals surface area contributed by atoms with E-state index < -0.39 is 0 Å². The molecule has 1 heteroatoms.